The predicted octanol–water partition coefficient (Wildman–Crippen LogP) is -1.46. The van der Waals surface area contributed by atoms with Crippen LogP contribution in [0.15, 0.2) is 23.4 Å². The number of rotatable bonds is 5. The SMILES string of the molecule is COC1=C(OC)C(=CCN[NH+]=[N-])OC1=O. The van der Waals surface area contributed by atoms with Crippen molar-refractivity contribution in [1.29, 1.82) is 0 Å². The van der Waals surface area contributed by atoms with Crippen LogP contribution < -0.4 is 10.6 Å². The van der Waals surface area contributed by atoms with Gasteiger partial charge in [-0.3, -0.25) is 5.43 Å². The van der Waals surface area contributed by atoms with Crippen LogP contribution in [0.25, 0.3) is 5.53 Å². The van der Waals surface area contributed by atoms with Crippen LogP contribution in [0.1, 0.15) is 0 Å². The number of cyclic esters (lactones) is 1. The molecule has 0 saturated carbocycles. The number of carbonyl (C=O) groups is 1. The molecular weight excluding hydrogens is 202 g/mol. The topological polar surface area (TPSA) is 93.1 Å². The number of hydrogen-bond acceptors (Lipinski definition) is 4. The van der Waals surface area contributed by atoms with Crippen LogP contribution in [0.4, 0.5) is 0 Å². The van der Waals surface area contributed by atoms with Crippen LogP contribution in [0.3, 0.4) is 0 Å². The number of carbonyl (C=O) groups excluding carboxylic acids is 1. The van der Waals surface area contributed by atoms with Crippen molar-refractivity contribution in [3.8, 4) is 0 Å². The Morgan fingerprint density at radius 1 is 1.47 bits per heavy atom. The Labute approximate surface area is 86.2 Å². The lowest BCUT2D eigenvalue weighted by Gasteiger charge is -2.02. The van der Waals surface area contributed by atoms with Gasteiger partial charge in [0.05, 0.1) is 14.2 Å². The second-order valence-corrected chi connectivity index (χ2v) is 2.52. The minimum Gasteiger partial charge on any atom is -0.490 e. The summed E-state index contributed by atoms with van der Waals surface area (Å²) in [6.07, 6.45) is 1.52. The standard InChI is InChI=1S/C8H11N3O4/c1-13-6-5(3-4-10-11-9)15-8(12)7(6)14-2/h3,11H,4H2,1-2H3,(H-,9,10). The monoisotopic (exact) mass is 213 g/mol. The Hall–Kier alpha value is -2.05. The van der Waals surface area contributed by atoms with E-state index in [0.29, 0.717) is 0 Å². The fourth-order valence-corrected chi connectivity index (χ4v) is 1.09. The molecule has 1 aliphatic heterocycles. The van der Waals surface area contributed by atoms with Gasteiger partial charge < -0.3 is 14.2 Å². The molecule has 0 radical (unpaired) electrons. The summed E-state index contributed by atoms with van der Waals surface area (Å²) in [5.41, 5.74) is 10.6. The molecule has 0 saturated heterocycles. The van der Waals surface area contributed by atoms with E-state index in [1.54, 1.807) is 5.22 Å². The molecule has 1 rings (SSSR count). The van der Waals surface area contributed by atoms with E-state index in [2.05, 4.69) is 5.43 Å². The van der Waals surface area contributed by atoms with Gasteiger partial charge in [0.15, 0.2) is 5.76 Å². The van der Waals surface area contributed by atoms with E-state index in [1.165, 1.54) is 20.3 Å². The van der Waals surface area contributed by atoms with Gasteiger partial charge in [-0.1, -0.05) is 0 Å². The van der Waals surface area contributed by atoms with Gasteiger partial charge in [0.2, 0.25) is 5.76 Å². The summed E-state index contributed by atoms with van der Waals surface area (Å²) in [4.78, 5) is 11.2. The van der Waals surface area contributed by atoms with Crippen molar-refractivity contribution in [2.45, 2.75) is 0 Å². The van der Waals surface area contributed by atoms with E-state index in [9.17, 15) is 4.79 Å². The maximum absolute atomic E-state index is 11.2. The third-order valence-electron chi connectivity index (χ3n) is 1.69. The number of methoxy groups -OCH3 is 2. The van der Waals surface area contributed by atoms with Crippen molar-refractivity contribution in [2.24, 2.45) is 0 Å². The van der Waals surface area contributed by atoms with Crippen molar-refractivity contribution in [2.75, 3.05) is 20.8 Å². The lowest BCUT2D eigenvalue weighted by atomic mass is 10.3. The first-order chi connectivity index (χ1) is 7.24. The second kappa shape index (κ2) is 4.99. The van der Waals surface area contributed by atoms with Crippen molar-refractivity contribution < 1.29 is 24.2 Å². The van der Waals surface area contributed by atoms with E-state index >= 15 is 0 Å². The first-order valence-electron chi connectivity index (χ1n) is 4.11. The molecule has 0 atom stereocenters. The zero-order valence-corrected chi connectivity index (χ0v) is 8.36. The number of nitrogens with one attached hydrogen (secondary N) is 2. The van der Waals surface area contributed by atoms with Crippen molar-refractivity contribution in [1.82, 2.24) is 5.43 Å². The molecule has 0 aliphatic carbocycles. The van der Waals surface area contributed by atoms with Crippen LogP contribution in [0.2, 0.25) is 0 Å². The Morgan fingerprint density at radius 3 is 2.67 bits per heavy atom. The molecule has 7 nitrogen and oxygen atoms in total. The van der Waals surface area contributed by atoms with E-state index in [4.69, 9.17) is 19.7 Å². The first kappa shape index (κ1) is 11.0. The minimum atomic E-state index is -0.599. The third-order valence-corrected chi connectivity index (χ3v) is 1.69. The zero-order chi connectivity index (χ0) is 11.3. The highest BCUT2D eigenvalue weighted by atomic mass is 16.6. The Kier molecular flexibility index (Phi) is 3.67. The van der Waals surface area contributed by atoms with Crippen LogP contribution in [0.5, 0.6) is 0 Å². The highest BCUT2D eigenvalue weighted by Gasteiger charge is 2.32. The molecule has 0 bridgehead atoms. The summed E-state index contributed by atoms with van der Waals surface area (Å²) < 4.78 is 14.6. The van der Waals surface area contributed by atoms with Gasteiger partial charge >= 0.3 is 5.97 Å². The Balaban J connectivity index is 2.84. The summed E-state index contributed by atoms with van der Waals surface area (Å²) in [6.45, 7) is 0.253. The third kappa shape index (κ3) is 2.25. The summed E-state index contributed by atoms with van der Waals surface area (Å²) in [5, 5.41) is 1.74. The quantitative estimate of drug-likeness (QED) is 0.252. The van der Waals surface area contributed by atoms with Crippen LogP contribution >= 0.6 is 0 Å². The second-order valence-electron chi connectivity index (χ2n) is 2.52. The molecular formula is C8H11N3O4. The van der Waals surface area contributed by atoms with Gasteiger partial charge in [-0.25, -0.2) is 4.79 Å². The molecule has 82 valence electrons. The van der Waals surface area contributed by atoms with Gasteiger partial charge in [0.25, 0.3) is 5.76 Å². The maximum Gasteiger partial charge on any atom is 0.383 e. The summed E-state index contributed by atoms with van der Waals surface area (Å²) >= 11 is 0. The summed E-state index contributed by atoms with van der Waals surface area (Å²) in [7, 11) is 2.76. The molecule has 0 aromatic carbocycles. The van der Waals surface area contributed by atoms with Gasteiger partial charge in [-0.15, -0.1) is 0 Å². The largest absolute Gasteiger partial charge is 0.490 e. The van der Waals surface area contributed by atoms with E-state index in [-0.39, 0.29) is 23.8 Å². The summed E-state index contributed by atoms with van der Waals surface area (Å²) in [6, 6.07) is 0. The molecule has 7 heteroatoms. The molecule has 2 N–H and O–H groups in total. The predicted molar refractivity (Wildman–Crippen MR) is 47.5 cm³/mol. The highest BCUT2D eigenvalue weighted by Crippen LogP contribution is 2.26. The number of nitrogens with zero attached hydrogens (tertiary/aromatic N) is 1. The zero-order valence-electron chi connectivity index (χ0n) is 8.36. The fraction of sp³-hybridized carbons (Fsp3) is 0.375. The smallest absolute Gasteiger partial charge is 0.383 e. The summed E-state index contributed by atoms with van der Waals surface area (Å²) in [5.74, 6) is -0.0809. The Morgan fingerprint density at radius 2 is 2.13 bits per heavy atom. The molecule has 0 aromatic heterocycles. The minimum absolute atomic E-state index is 0.0284. The lowest BCUT2D eigenvalue weighted by molar-refractivity contribution is -0.546. The lowest BCUT2D eigenvalue weighted by Crippen LogP contribution is -2.75. The van der Waals surface area contributed by atoms with Gasteiger partial charge in [-0.2, -0.15) is 10.8 Å². The molecule has 0 unspecified atom stereocenters. The molecule has 15 heavy (non-hydrogen) atoms. The molecule has 0 aromatic rings. The molecule has 0 amide bonds. The maximum atomic E-state index is 11.2. The number of esters is 1. The van der Waals surface area contributed by atoms with Gasteiger partial charge in [0, 0.05) is 6.54 Å². The van der Waals surface area contributed by atoms with E-state index < -0.39 is 5.97 Å². The van der Waals surface area contributed by atoms with Crippen molar-refractivity contribution in [3.05, 3.63) is 28.9 Å². The van der Waals surface area contributed by atoms with Crippen molar-refractivity contribution >= 4 is 5.97 Å². The molecule has 0 spiro atoms. The van der Waals surface area contributed by atoms with Gasteiger partial charge in [0.1, 0.15) is 0 Å². The average Bonchev–Trinajstić information content (AvgIpc) is 2.54. The molecule has 1 aliphatic rings. The van der Waals surface area contributed by atoms with Crippen LogP contribution in [0, 0.1) is 0 Å². The average molecular weight is 213 g/mol. The first-order valence-corrected chi connectivity index (χ1v) is 4.11. The normalized spacial score (nSPS) is 17.7. The fourth-order valence-electron chi connectivity index (χ4n) is 1.09. The van der Waals surface area contributed by atoms with E-state index in [1.807, 2.05) is 0 Å². The highest BCUT2D eigenvalue weighted by molar-refractivity contribution is 5.91. The number of hydrogen-bond donors (Lipinski definition) is 2. The van der Waals surface area contributed by atoms with Crippen LogP contribution in [-0.2, 0) is 19.0 Å². The Bertz CT molecular complexity index is 335. The van der Waals surface area contributed by atoms with Crippen LogP contribution in [-0.4, -0.2) is 26.7 Å². The molecule has 1 heterocycles. The number of hydrazine groups is 1. The number of ether oxygens (including phenoxy) is 3. The van der Waals surface area contributed by atoms with E-state index in [0.717, 1.165) is 0 Å². The van der Waals surface area contributed by atoms with Crippen molar-refractivity contribution in [3.63, 3.8) is 0 Å². The molecule has 0 fully saturated rings. The van der Waals surface area contributed by atoms with Gasteiger partial charge in [-0.05, 0) is 6.08 Å².